The van der Waals surface area contributed by atoms with E-state index in [2.05, 4.69) is 18.3 Å². The van der Waals surface area contributed by atoms with E-state index < -0.39 is 0 Å². The first kappa shape index (κ1) is 10.2. The van der Waals surface area contributed by atoms with Crippen LogP contribution in [0.5, 0.6) is 0 Å². The Hall–Kier alpha value is -0.340. The van der Waals surface area contributed by atoms with Crippen molar-refractivity contribution in [1.29, 1.82) is 0 Å². The van der Waals surface area contributed by atoms with Crippen molar-refractivity contribution >= 4 is 0 Å². The van der Waals surface area contributed by atoms with Crippen molar-refractivity contribution < 1.29 is 4.74 Å². The van der Waals surface area contributed by atoms with E-state index in [9.17, 15) is 0 Å². The van der Waals surface area contributed by atoms with Crippen molar-refractivity contribution in [3.05, 3.63) is 11.6 Å². The summed E-state index contributed by atoms with van der Waals surface area (Å²) in [6.45, 7) is 4.23. The van der Waals surface area contributed by atoms with Crippen LogP contribution >= 0.6 is 0 Å². The highest BCUT2D eigenvalue weighted by Crippen LogP contribution is 2.20. The van der Waals surface area contributed by atoms with E-state index >= 15 is 0 Å². The Balaban J connectivity index is 1.62. The smallest absolute Gasteiger partial charge is 0.0700 e. The molecule has 1 fully saturated rings. The molecule has 2 nitrogen and oxygen atoms in total. The number of nitrogens with one attached hydrogen (secondary N) is 1. The minimum Gasteiger partial charge on any atom is -0.377 e. The van der Waals surface area contributed by atoms with Gasteiger partial charge in [0.15, 0.2) is 0 Å². The quantitative estimate of drug-likeness (QED) is 0.695. The Bertz CT molecular complexity index is 212. The van der Waals surface area contributed by atoms with Gasteiger partial charge in [0.2, 0.25) is 0 Å². The fourth-order valence-corrected chi connectivity index (χ4v) is 2.38. The molecule has 2 atom stereocenters. The van der Waals surface area contributed by atoms with Crippen LogP contribution < -0.4 is 5.32 Å². The van der Waals surface area contributed by atoms with E-state index in [0.717, 1.165) is 13.2 Å². The van der Waals surface area contributed by atoms with Crippen LogP contribution in [0.3, 0.4) is 0 Å². The van der Waals surface area contributed by atoms with E-state index in [1.54, 1.807) is 5.57 Å². The lowest BCUT2D eigenvalue weighted by Crippen LogP contribution is -2.35. The molecule has 1 N–H and O–H groups in total. The molecule has 2 rings (SSSR count). The molecule has 0 aromatic carbocycles. The average molecular weight is 195 g/mol. The van der Waals surface area contributed by atoms with Gasteiger partial charge >= 0.3 is 0 Å². The Morgan fingerprint density at radius 2 is 2.50 bits per heavy atom. The maximum Gasteiger partial charge on any atom is 0.0700 e. The Morgan fingerprint density at radius 1 is 1.57 bits per heavy atom. The molecule has 0 saturated carbocycles. The number of hydrogen-bond acceptors (Lipinski definition) is 2. The van der Waals surface area contributed by atoms with Gasteiger partial charge in [-0.2, -0.15) is 0 Å². The van der Waals surface area contributed by atoms with Crippen LogP contribution in [0.1, 0.15) is 39.0 Å². The lowest BCUT2D eigenvalue weighted by atomic mass is 10.1. The van der Waals surface area contributed by atoms with Crippen LogP contribution in [-0.2, 0) is 4.74 Å². The summed E-state index contributed by atoms with van der Waals surface area (Å²) in [7, 11) is 0. The van der Waals surface area contributed by atoms with Crippen LogP contribution in [0.15, 0.2) is 11.6 Å². The fourth-order valence-electron chi connectivity index (χ4n) is 2.38. The highest BCUT2D eigenvalue weighted by molar-refractivity contribution is 5.07. The fraction of sp³-hybridized carbons (Fsp3) is 0.833. The van der Waals surface area contributed by atoms with Crippen LogP contribution in [0.4, 0.5) is 0 Å². The van der Waals surface area contributed by atoms with Gasteiger partial charge < -0.3 is 10.1 Å². The van der Waals surface area contributed by atoms with Gasteiger partial charge in [0.1, 0.15) is 0 Å². The van der Waals surface area contributed by atoms with E-state index in [0.29, 0.717) is 12.1 Å². The van der Waals surface area contributed by atoms with Gasteiger partial charge in [0.25, 0.3) is 0 Å². The zero-order valence-corrected chi connectivity index (χ0v) is 9.09. The monoisotopic (exact) mass is 195 g/mol. The van der Waals surface area contributed by atoms with Crippen molar-refractivity contribution in [3.8, 4) is 0 Å². The molecule has 0 amide bonds. The van der Waals surface area contributed by atoms with Gasteiger partial charge in [0.05, 0.1) is 6.10 Å². The van der Waals surface area contributed by atoms with E-state index in [4.69, 9.17) is 4.74 Å². The number of hydrogen-bond donors (Lipinski definition) is 1. The second kappa shape index (κ2) is 4.94. The third-order valence-electron chi connectivity index (χ3n) is 3.36. The topological polar surface area (TPSA) is 21.3 Å². The highest BCUT2D eigenvalue weighted by Gasteiger charge is 2.23. The minimum absolute atomic E-state index is 0.410. The van der Waals surface area contributed by atoms with Gasteiger partial charge in [0, 0.05) is 12.6 Å². The second-order valence-electron chi connectivity index (χ2n) is 4.43. The van der Waals surface area contributed by atoms with Gasteiger partial charge in [-0.3, -0.25) is 0 Å². The lowest BCUT2D eigenvalue weighted by molar-refractivity contribution is 0.113. The first-order valence-electron chi connectivity index (χ1n) is 5.89. The van der Waals surface area contributed by atoms with Crippen molar-refractivity contribution in [2.75, 3.05) is 13.2 Å². The first-order chi connectivity index (χ1) is 6.86. The average Bonchev–Trinajstić information content (AvgIpc) is 2.78. The zero-order valence-electron chi connectivity index (χ0n) is 9.09. The Morgan fingerprint density at radius 3 is 3.14 bits per heavy atom. The molecule has 0 aromatic heterocycles. The second-order valence-corrected chi connectivity index (χ2v) is 4.43. The molecule has 0 aromatic rings. The summed E-state index contributed by atoms with van der Waals surface area (Å²) in [5.74, 6) is 0. The van der Waals surface area contributed by atoms with Crippen molar-refractivity contribution in [2.24, 2.45) is 0 Å². The third kappa shape index (κ3) is 2.58. The van der Waals surface area contributed by atoms with Gasteiger partial charge in [-0.1, -0.05) is 11.6 Å². The summed E-state index contributed by atoms with van der Waals surface area (Å²) < 4.78 is 5.51. The Kier molecular flexibility index (Phi) is 3.60. The van der Waals surface area contributed by atoms with Crippen LogP contribution in [0.2, 0.25) is 0 Å². The number of allylic oxidation sites excluding steroid dienone is 1. The highest BCUT2D eigenvalue weighted by atomic mass is 16.5. The SMILES string of the molecule is CC1OCCC1NCCC1=CCCC1. The summed E-state index contributed by atoms with van der Waals surface area (Å²) in [6.07, 6.45) is 9.25. The van der Waals surface area contributed by atoms with Crippen LogP contribution in [-0.4, -0.2) is 25.3 Å². The van der Waals surface area contributed by atoms with E-state index in [1.807, 2.05) is 0 Å². The van der Waals surface area contributed by atoms with E-state index in [-0.39, 0.29) is 0 Å². The molecule has 14 heavy (non-hydrogen) atoms. The van der Waals surface area contributed by atoms with Gasteiger partial charge in [-0.15, -0.1) is 0 Å². The minimum atomic E-state index is 0.410. The molecule has 2 aliphatic rings. The third-order valence-corrected chi connectivity index (χ3v) is 3.36. The molecule has 1 heterocycles. The molecule has 1 aliphatic carbocycles. The summed E-state index contributed by atoms with van der Waals surface area (Å²) in [4.78, 5) is 0. The predicted octanol–water partition coefficient (Wildman–Crippen LogP) is 2.25. The first-order valence-corrected chi connectivity index (χ1v) is 5.89. The summed E-state index contributed by atoms with van der Waals surface area (Å²) in [5.41, 5.74) is 1.66. The van der Waals surface area contributed by atoms with Crippen LogP contribution in [0.25, 0.3) is 0 Å². The molecule has 1 aliphatic heterocycles. The number of rotatable bonds is 4. The van der Waals surface area contributed by atoms with Crippen molar-refractivity contribution in [3.63, 3.8) is 0 Å². The molecule has 80 valence electrons. The van der Waals surface area contributed by atoms with Crippen LogP contribution in [0, 0.1) is 0 Å². The van der Waals surface area contributed by atoms with Crippen molar-refractivity contribution in [1.82, 2.24) is 5.32 Å². The molecule has 1 saturated heterocycles. The summed E-state index contributed by atoms with van der Waals surface area (Å²) >= 11 is 0. The molecular formula is C12H21NO. The molecule has 0 spiro atoms. The van der Waals surface area contributed by atoms with Gasteiger partial charge in [-0.25, -0.2) is 0 Å². The maximum atomic E-state index is 5.51. The largest absolute Gasteiger partial charge is 0.377 e. The van der Waals surface area contributed by atoms with Crippen molar-refractivity contribution in [2.45, 2.75) is 51.2 Å². The summed E-state index contributed by atoms with van der Waals surface area (Å²) in [5, 5.41) is 3.59. The standard InChI is InChI=1S/C12H21NO/c1-10-12(7-9-14-10)13-8-6-11-4-2-3-5-11/h4,10,12-13H,2-3,5-9H2,1H3. The molecule has 0 radical (unpaired) electrons. The molecule has 2 heteroatoms. The Labute approximate surface area is 86.7 Å². The summed E-state index contributed by atoms with van der Waals surface area (Å²) in [6, 6.07) is 0.594. The molecular weight excluding hydrogens is 174 g/mol. The van der Waals surface area contributed by atoms with E-state index in [1.165, 1.54) is 32.1 Å². The molecule has 0 bridgehead atoms. The maximum absolute atomic E-state index is 5.51. The molecule has 2 unspecified atom stereocenters. The predicted molar refractivity (Wildman–Crippen MR) is 58.4 cm³/mol. The lowest BCUT2D eigenvalue weighted by Gasteiger charge is -2.15. The van der Waals surface area contributed by atoms with Gasteiger partial charge in [-0.05, 0) is 45.6 Å². The normalized spacial score (nSPS) is 32.2. The zero-order chi connectivity index (χ0) is 9.80. The number of ether oxygens (including phenoxy) is 1.